The van der Waals surface area contributed by atoms with Crippen LogP contribution < -0.4 is 5.32 Å². The first-order valence-electron chi connectivity index (χ1n) is 7.04. The Morgan fingerprint density at radius 2 is 2.25 bits per heavy atom. The van der Waals surface area contributed by atoms with Crippen molar-refractivity contribution in [3.05, 3.63) is 28.7 Å². The van der Waals surface area contributed by atoms with Crippen LogP contribution in [0.5, 0.6) is 0 Å². The Kier molecular flexibility index (Phi) is 5.60. The summed E-state index contributed by atoms with van der Waals surface area (Å²) in [7, 11) is -3.42. The smallest absolute Gasteiger partial charge is 0.243 e. The predicted octanol–water partition coefficient (Wildman–Crippen LogP) is 2.60. The summed E-state index contributed by atoms with van der Waals surface area (Å²) in [5.41, 5.74) is 0. The zero-order chi connectivity index (χ0) is 14.6. The number of hydrogen-bond donors (Lipinski definition) is 1. The summed E-state index contributed by atoms with van der Waals surface area (Å²) >= 11 is 3.34. The van der Waals surface area contributed by atoms with E-state index in [1.807, 2.05) is 13.0 Å². The molecular formula is C14H21BrN2O2S. The van der Waals surface area contributed by atoms with Crippen molar-refractivity contribution in [2.75, 3.05) is 19.6 Å². The molecule has 0 spiro atoms. The standard InChI is InChI=1S/C14H21BrN2O2S/c1-2-9-17(13-6-4-8-16-11-13)20(18,19)14-7-3-5-12(15)10-14/h3,5,7,10,13,16H,2,4,6,8-9,11H2,1H3. The Morgan fingerprint density at radius 3 is 2.85 bits per heavy atom. The van der Waals surface area contributed by atoms with E-state index in [9.17, 15) is 8.42 Å². The maximum absolute atomic E-state index is 12.9. The first-order valence-corrected chi connectivity index (χ1v) is 9.27. The van der Waals surface area contributed by atoms with Crippen molar-refractivity contribution in [1.82, 2.24) is 9.62 Å². The van der Waals surface area contributed by atoms with Gasteiger partial charge in [0.25, 0.3) is 0 Å². The number of hydrogen-bond acceptors (Lipinski definition) is 3. The summed E-state index contributed by atoms with van der Waals surface area (Å²) in [4.78, 5) is 0.367. The summed E-state index contributed by atoms with van der Waals surface area (Å²) in [5, 5.41) is 3.29. The van der Waals surface area contributed by atoms with Crippen LogP contribution >= 0.6 is 15.9 Å². The van der Waals surface area contributed by atoms with Crippen LogP contribution in [0, 0.1) is 0 Å². The Bertz CT molecular complexity index is 542. The van der Waals surface area contributed by atoms with Crippen molar-refractivity contribution < 1.29 is 8.42 Å². The SMILES string of the molecule is CCCN(C1CCCNC1)S(=O)(=O)c1cccc(Br)c1. The lowest BCUT2D eigenvalue weighted by molar-refractivity contribution is 0.266. The van der Waals surface area contributed by atoms with Gasteiger partial charge in [0, 0.05) is 23.6 Å². The van der Waals surface area contributed by atoms with Crippen LogP contribution in [-0.4, -0.2) is 38.4 Å². The number of halogens is 1. The second-order valence-electron chi connectivity index (χ2n) is 5.07. The van der Waals surface area contributed by atoms with Crippen LogP contribution in [0.3, 0.4) is 0 Å². The molecule has 1 aliphatic heterocycles. The Labute approximate surface area is 129 Å². The number of nitrogens with one attached hydrogen (secondary N) is 1. The van der Waals surface area contributed by atoms with Gasteiger partial charge in [0.05, 0.1) is 4.90 Å². The largest absolute Gasteiger partial charge is 0.315 e. The van der Waals surface area contributed by atoms with Crippen molar-refractivity contribution in [3.8, 4) is 0 Å². The summed E-state index contributed by atoms with van der Waals surface area (Å²) in [6, 6.07) is 7.01. The molecule has 4 nitrogen and oxygen atoms in total. The van der Waals surface area contributed by atoms with Crippen molar-refractivity contribution in [2.45, 2.75) is 37.1 Å². The van der Waals surface area contributed by atoms with Crippen LogP contribution in [0.2, 0.25) is 0 Å². The molecule has 2 rings (SSSR count). The lowest BCUT2D eigenvalue weighted by Gasteiger charge is -2.33. The molecule has 1 aromatic rings. The van der Waals surface area contributed by atoms with Gasteiger partial charge in [-0.25, -0.2) is 8.42 Å². The third kappa shape index (κ3) is 3.61. The second-order valence-corrected chi connectivity index (χ2v) is 7.88. The van der Waals surface area contributed by atoms with Gasteiger partial charge < -0.3 is 5.32 Å². The molecule has 0 saturated carbocycles. The molecule has 20 heavy (non-hydrogen) atoms. The molecule has 112 valence electrons. The highest BCUT2D eigenvalue weighted by molar-refractivity contribution is 9.10. The van der Waals surface area contributed by atoms with Crippen molar-refractivity contribution in [1.29, 1.82) is 0 Å². The van der Waals surface area contributed by atoms with E-state index in [1.165, 1.54) is 0 Å². The zero-order valence-electron chi connectivity index (χ0n) is 11.7. The highest BCUT2D eigenvalue weighted by atomic mass is 79.9. The fourth-order valence-electron chi connectivity index (χ4n) is 2.56. The Hall–Kier alpha value is -0.430. The monoisotopic (exact) mass is 360 g/mol. The van der Waals surface area contributed by atoms with E-state index in [2.05, 4.69) is 21.2 Å². The van der Waals surface area contributed by atoms with Crippen LogP contribution in [0.25, 0.3) is 0 Å². The van der Waals surface area contributed by atoms with Crippen LogP contribution in [0.4, 0.5) is 0 Å². The van der Waals surface area contributed by atoms with E-state index in [4.69, 9.17) is 0 Å². The van der Waals surface area contributed by atoms with Crippen molar-refractivity contribution in [3.63, 3.8) is 0 Å². The molecule has 1 saturated heterocycles. The maximum Gasteiger partial charge on any atom is 0.243 e. The quantitative estimate of drug-likeness (QED) is 0.877. The van der Waals surface area contributed by atoms with Gasteiger partial charge in [-0.2, -0.15) is 4.31 Å². The summed E-state index contributed by atoms with van der Waals surface area (Å²) < 4.78 is 28.2. The molecule has 0 bridgehead atoms. The van der Waals surface area contributed by atoms with Crippen LogP contribution in [-0.2, 0) is 10.0 Å². The van der Waals surface area contributed by atoms with Crippen LogP contribution in [0.15, 0.2) is 33.6 Å². The van der Waals surface area contributed by atoms with Gasteiger partial charge in [-0.3, -0.25) is 0 Å². The first-order chi connectivity index (χ1) is 9.55. The maximum atomic E-state index is 12.9. The van der Waals surface area contributed by atoms with Gasteiger partial charge >= 0.3 is 0 Å². The second kappa shape index (κ2) is 7.02. The lowest BCUT2D eigenvalue weighted by Crippen LogP contribution is -2.48. The molecule has 0 aromatic heterocycles. The Morgan fingerprint density at radius 1 is 1.45 bits per heavy atom. The minimum atomic E-state index is -3.42. The van der Waals surface area contributed by atoms with Gasteiger partial charge in [-0.1, -0.05) is 28.9 Å². The highest BCUT2D eigenvalue weighted by Crippen LogP contribution is 2.24. The molecule has 1 atom stereocenters. The molecule has 1 unspecified atom stereocenters. The van der Waals surface area contributed by atoms with Crippen molar-refractivity contribution >= 4 is 26.0 Å². The zero-order valence-corrected chi connectivity index (χ0v) is 14.1. The van der Waals surface area contributed by atoms with E-state index in [0.717, 1.165) is 36.8 Å². The fraction of sp³-hybridized carbons (Fsp3) is 0.571. The minimum Gasteiger partial charge on any atom is -0.315 e. The number of piperidine rings is 1. The summed E-state index contributed by atoms with van der Waals surface area (Å²) in [6.07, 6.45) is 2.78. The van der Waals surface area contributed by atoms with Crippen molar-refractivity contribution in [2.24, 2.45) is 0 Å². The molecule has 0 aliphatic carbocycles. The van der Waals surface area contributed by atoms with E-state index in [0.29, 0.717) is 11.4 Å². The molecule has 1 aliphatic rings. The highest BCUT2D eigenvalue weighted by Gasteiger charge is 2.31. The third-order valence-electron chi connectivity index (χ3n) is 3.52. The average molecular weight is 361 g/mol. The Balaban J connectivity index is 2.31. The normalized spacial score (nSPS) is 20.2. The number of rotatable bonds is 5. The molecule has 1 heterocycles. The third-order valence-corrected chi connectivity index (χ3v) is 5.97. The molecular weight excluding hydrogens is 340 g/mol. The molecule has 0 amide bonds. The number of nitrogens with zero attached hydrogens (tertiary/aromatic N) is 1. The molecule has 6 heteroatoms. The topological polar surface area (TPSA) is 49.4 Å². The minimum absolute atomic E-state index is 0.0627. The molecule has 0 radical (unpaired) electrons. The van der Waals surface area contributed by atoms with E-state index >= 15 is 0 Å². The number of benzene rings is 1. The van der Waals surface area contributed by atoms with E-state index < -0.39 is 10.0 Å². The fourth-order valence-corrected chi connectivity index (χ4v) is 4.90. The summed E-state index contributed by atoms with van der Waals surface area (Å²) in [6.45, 7) is 4.31. The van der Waals surface area contributed by atoms with E-state index in [-0.39, 0.29) is 6.04 Å². The van der Waals surface area contributed by atoms with Gasteiger partial charge in [-0.05, 0) is 44.0 Å². The summed E-state index contributed by atoms with van der Waals surface area (Å²) in [5.74, 6) is 0. The molecule has 1 N–H and O–H groups in total. The predicted molar refractivity (Wildman–Crippen MR) is 84.2 cm³/mol. The molecule has 1 fully saturated rings. The molecule has 1 aromatic carbocycles. The van der Waals surface area contributed by atoms with Gasteiger partial charge in [-0.15, -0.1) is 0 Å². The first kappa shape index (κ1) is 15.9. The number of sulfonamides is 1. The van der Waals surface area contributed by atoms with Gasteiger partial charge in [0.2, 0.25) is 10.0 Å². The van der Waals surface area contributed by atoms with Gasteiger partial charge in [0.1, 0.15) is 0 Å². The van der Waals surface area contributed by atoms with Crippen LogP contribution in [0.1, 0.15) is 26.2 Å². The average Bonchev–Trinajstić information content (AvgIpc) is 2.45. The van der Waals surface area contributed by atoms with Gasteiger partial charge in [0.15, 0.2) is 0 Å². The van der Waals surface area contributed by atoms with E-state index in [1.54, 1.807) is 22.5 Å². The lowest BCUT2D eigenvalue weighted by atomic mass is 10.1.